The number of aryl methyl sites for hydroxylation is 1. The van der Waals surface area contributed by atoms with E-state index in [0.29, 0.717) is 5.02 Å². The first-order chi connectivity index (χ1) is 10.2. The lowest BCUT2D eigenvalue weighted by Gasteiger charge is -1.98. The monoisotopic (exact) mass is 333 g/mol. The van der Waals surface area contributed by atoms with Crippen molar-refractivity contribution in [3.63, 3.8) is 0 Å². The molecule has 0 N–H and O–H groups in total. The fourth-order valence-electron chi connectivity index (χ4n) is 1.73. The molecule has 2 heterocycles. The summed E-state index contributed by atoms with van der Waals surface area (Å²) in [6.07, 6.45) is 1.84. The molecule has 21 heavy (non-hydrogen) atoms. The lowest BCUT2D eigenvalue weighted by Crippen LogP contribution is -2.11. The maximum absolute atomic E-state index is 6.16. The van der Waals surface area contributed by atoms with E-state index in [1.165, 1.54) is 0 Å². The van der Waals surface area contributed by atoms with Crippen LogP contribution < -0.4 is 4.80 Å². The fraction of sp³-hybridized carbons (Fsp3) is 0.0667. The largest absolute Gasteiger partial charge is 0.218 e. The maximum atomic E-state index is 6.16. The molecule has 0 fully saturated rings. The average molecular weight is 334 g/mol. The van der Waals surface area contributed by atoms with Gasteiger partial charge in [0.2, 0.25) is 4.80 Å². The van der Waals surface area contributed by atoms with Gasteiger partial charge in [-0.2, -0.15) is 5.10 Å². The van der Waals surface area contributed by atoms with Gasteiger partial charge in [0.05, 0.1) is 22.6 Å². The van der Waals surface area contributed by atoms with Crippen LogP contribution in [-0.2, 0) is 0 Å². The van der Waals surface area contributed by atoms with E-state index in [1.807, 2.05) is 65.0 Å². The topological polar surface area (TPSA) is 29.6 Å². The summed E-state index contributed by atoms with van der Waals surface area (Å²) in [6, 6.07) is 11.6. The van der Waals surface area contributed by atoms with Crippen molar-refractivity contribution >= 4 is 46.2 Å². The normalized spacial score (nSPS) is 12.4. The SMILES string of the molecule is Cc1csc(=Nc2ccccc2Cl)n1N=Cc1cccs1. The molecule has 106 valence electrons. The van der Waals surface area contributed by atoms with Crippen LogP contribution in [0.3, 0.4) is 0 Å². The van der Waals surface area contributed by atoms with E-state index in [4.69, 9.17) is 11.6 Å². The van der Waals surface area contributed by atoms with Crippen molar-refractivity contribution in [1.82, 2.24) is 4.68 Å². The van der Waals surface area contributed by atoms with Gasteiger partial charge < -0.3 is 0 Å². The standard InChI is InChI=1S/C15H12ClN3S2/c1-11-10-21-15(18-14-7-3-2-6-13(14)16)19(11)17-9-12-5-4-8-20-12/h2-10H,1H3. The van der Waals surface area contributed by atoms with E-state index in [9.17, 15) is 0 Å². The van der Waals surface area contributed by atoms with Gasteiger partial charge in [-0.25, -0.2) is 9.67 Å². The van der Waals surface area contributed by atoms with Gasteiger partial charge in [-0.1, -0.05) is 29.8 Å². The van der Waals surface area contributed by atoms with E-state index in [0.717, 1.165) is 21.1 Å². The quantitative estimate of drug-likeness (QED) is 0.622. The van der Waals surface area contributed by atoms with Crippen molar-refractivity contribution < 1.29 is 0 Å². The fourth-order valence-corrected chi connectivity index (χ4v) is 3.30. The minimum atomic E-state index is 0.636. The zero-order valence-electron chi connectivity index (χ0n) is 11.2. The highest BCUT2D eigenvalue weighted by molar-refractivity contribution is 7.11. The minimum Gasteiger partial charge on any atom is -0.218 e. The molecule has 0 bridgehead atoms. The summed E-state index contributed by atoms with van der Waals surface area (Å²) >= 11 is 9.35. The molecule has 0 saturated carbocycles. The number of thiophene rings is 1. The molecule has 2 aromatic heterocycles. The number of halogens is 1. The van der Waals surface area contributed by atoms with Crippen molar-refractivity contribution in [1.29, 1.82) is 0 Å². The van der Waals surface area contributed by atoms with Gasteiger partial charge in [0.15, 0.2) is 0 Å². The molecule has 0 aliphatic carbocycles. The number of para-hydroxylation sites is 1. The van der Waals surface area contributed by atoms with Crippen LogP contribution in [0.5, 0.6) is 0 Å². The summed E-state index contributed by atoms with van der Waals surface area (Å²) in [5, 5.41) is 9.20. The molecule has 0 aliphatic heterocycles. The van der Waals surface area contributed by atoms with E-state index in [-0.39, 0.29) is 0 Å². The Balaban J connectivity index is 2.03. The first-order valence-electron chi connectivity index (χ1n) is 6.28. The third-order valence-electron chi connectivity index (χ3n) is 2.76. The van der Waals surface area contributed by atoms with E-state index in [2.05, 4.69) is 10.1 Å². The minimum absolute atomic E-state index is 0.636. The molecule has 0 spiro atoms. The van der Waals surface area contributed by atoms with Gasteiger partial charge in [0.25, 0.3) is 0 Å². The molecular formula is C15H12ClN3S2. The zero-order chi connectivity index (χ0) is 14.7. The summed E-state index contributed by atoms with van der Waals surface area (Å²) < 4.78 is 1.83. The highest BCUT2D eigenvalue weighted by atomic mass is 35.5. The summed E-state index contributed by atoms with van der Waals surface area (Å²) in [6.45, 7) is 2.01. The van der Waals surface area contributed by atoms with Gasteiger partial charge in [0, 0.05) is 10.3 Å². The van der Waals surface area contributed by atoms with Gasteiger partial charge >= 0.3 is 0 Å². The number of aromatic nitrogens is 1. The molecule has 0 atom stereocenters. The molecule has 3 nitrogen and oxygen atoms in total. The van der Waals surface area contributed by atoms with Crippen LogP contribution in [0, 0.1) is 6.92 Å². The van der Waals surface area contributed by atoms with Crippen molar-refractivity contribution in [3.05, 3.63) is 67.6 Å². The number of nitrogens with zero attached hydrogens (tertiary/aromatic N) is 3. The van der Waals surface area contributed by atoms with Crippen LogP contribution in [0.25, 0.3) is 0 Å². The molecule has 1 aromatic carbocycles. The highest BCUT2D eigenvalue weighted by Crippen LogP contribution is 2.23. The third kappa shape index (κ3) is 3.32. The number of thiazole rings is 1. The number of hydrogen-bond acceptors (Lipinski definition) is 4. The highest BCUT2D eigenvalue weighted by Gasteiger charge is 2.01. The maximum Gasteiger partial charge on any atom is 0.211 e. The summed E-state index contributed by atoms with van der Waals surface area (Å²) in [7, 11) is 0. The Bertz CT molecular complexity index is 829. The molecule has 3 aromatic rings. The lowest BCUT2D eigenvalue weighted by atomic mass is 10.3. The average Bonchev–Trinajstić information content (AvgIpc) is 3.10. The molecule has 6 heteroatoms. The molecule has 0 unspecified atom stereocenters. The van der Waals surface area contributed by atoms with Crippen LogP contribution in [-0.4, -0.2) is 10.9 Å². The lowest BCUT2D eigenvalue weighted by molar-refractivity contribution is 0.810. The summed E-state index contributed by atoms with van der Waals surface area (Å²) in [5.41, 5.74) is 1.79. The van der Waals surface area contributed by atoms with Gasteiger partial charge in [-0.3, -0.25) is 0 Å². The van der Waals surface area contributed by atoms with Crippen LogP contribution in [0.15, 0.2) is 57.3 Å². The van der Waals surface area contributed by atoms with Crippen LogP contribution >= 0.6 is 34.3 Å². The molecule has 0 aliphatic rings. The Kier molecular flexibility index (Phi) is 4.34. The van der Waals surface area contributed by atoms with Gasteiger partial charge in [0.1, 0.15) is 0 Å². The first-order valence-corrected chi connectivity index (χ1v) is 8.42. The Hall–Kier alpha value is -1.69. The molecule has 0 amide bonds. The molecule has 0 radical (unpaired) electrons. The van der Waals surface area contributed by atoms with Gasteiger partial charge in [-0.15, -0.1) is 22.7 Å². The van der Waals surface area contributed by atoms with Crippen LogP contribution in [0.1, 0.15) is 10.6 Å². The third-order valence-corrected chi connectivity index (χ3v) is 4.82. The van der Waals surface area contributed by atoms with Crippen molar-refractivity contribution in [3.8, 4) is 0 Å². The molecule has 3 rings (SSSR count). The number of benzene rings is 1. The second-order valence-electron chi connectivity index (χ2n) is 4.29. The molecular weight excluding hydrogens is 322 g/mol. The Morgan fingerprint density at radius 1 is 1.14 bits per heavy atom. The Labute approximate surface area is 135 Å². The Morgan fingerprint density at radius 3 is 2.76 bits per heavy atom. The number of hydrogen-bond donors (Lipinski definition) is 0. The van der Waals surface area contributed by atoms with E-state index in [1.54, 1.807) is 22.7 Å². The first kappa shape index (κ1) is 14.3. The van der Waals surface area contributed by atoms with Crippen molar-refractivity contribution in [2.45, 2.75) is 6.92 Å². The second-order valence-corrected chi connectivity index (χ2v) is 6.52. The number of rotatable bonds is 3. The van der Waals surface area contributed by atoms with Crippen LogP contribution in [0.2, 0.25) is 5.02 Å². The summed E-state index contributed by atoms with van der Waals surface area (Å²) in [5.74, 6) is 0. The summed E-state index contributed by atoms with van der Waals surface area (Å²) in [4.78, 5) is 6.51. The van der Waals surface area contributed by atoms with Gasteiger partial charge in [-0.05, 0) is 30.5 Å². The molecule has 0 saturated heterocycles. The predicted molar refractivity (Wildman–Crippen MR) is 91.0 cm³/mol. The van der Waals surface area contributed by atoms with Crippen molar-refractivity contribution in [2.75, 3.05) is 0 Å². The van der Waals surface area contributed by atoms with Crippen molar-refractivity contribution in [2.24, 2.45) is 10.1 Å². The van der Waals surface area contributed by atoms with E-state index < -0.39 is 0 Å². The predicted octanol–water partition coefficient (Wildman–Crippen LogP) is 4.69. The zero-order valence-corrected chi connectivity index (χ0v) is 13.6. The second kappa shape index (κ2) is 6.39. The smallest absolute Gasteiger partial charge is 0.211 e. The van der Waals surface area contributed by atoms with Crippen LogP contribution in [0.4, 0.5) is 5.69 Å². The Morgan fingerprint density at radius 2 is 2.00 bits per heavy atom. The van der Waals surface area contributed by atoms with E-state index >= 15 is 0 Å².